The molecule has 1 aliphatic carbocycles. The van der Waals surface area contributed by atoms with Crippen LogP contribution in [0.25, 0.3) is 5.70 Å². The summed E-state index contributed by atoms with van der Waals surface area (Å²) in [6, 6.07) is 11.4. The summed E-state index contributed by atoms with van der Waals surface area (Å²) in [6.07, 6.45) is 6.78. The normalized spacial score (nSPS) is 13.9. The molecule has 1 heterocycles. The largest absolute Gasteiger partial charge is 0.481 e. The Labute approximate surface area is 159 Å². The van der Waals surface area contributed by atoms with E-state index in [0.717, 1.165) is 24.2 Å². The molecule has 1 aromatic carbocycles. The Hall–Kier alpha value is -2.82. The Balaban J connectivity index is 1.88. The quantitative estimate of drug-likeness (QED) is 0.426. The lowest BCUT2D eigenvalue weighted by Gasteiger charge is -2.15. The van der Waals surface area contributed by atoms with E-state index in [1.165, 1.54) is 24.1 Å². The molecular weight excluding hydrogens is 340 g/mol. The number of nitrogens with zero attached hydrogens (tertiary/aromatic N) is 1. The first-order valence-corrected chi connectivity index (χ1v) is 9.51. The number of hydrogen-bond acceptors (Lipinski definition) is 3. The van der Waals surface area contributed by atoms with Gasteiger partial charge in [0.1, 0.15) is 0 Å². The average molecular weight is 366 g/mol. The minimum Gasteiger partial charge on any atom is -0.481 e. The summed E-state index contributed by atoms with van der Waals surface area (Å²) in [5.41, 5.74) is 5.07. The molecule has 0 unspecified atom stereocenters. The van der Waals surface area contributed by atoms with Crippen LogP contribution in [0.3, 0.4) is 0 Å². The van der Waals surface area contributed by atoms with Gasteiger partial charge in [0.15, 0.2) is 5.78 Å². The van der Waals surface area contributed by atoms with Crippen molar-refractivity contribution in [1.82, 2.24) is 9.88 Å². The van der Waals surface area contributed by atoms with Gasteiger partial charge >= 0.3 is 5.97 Å². The number of rotatable bonds is 8. The molecular formula is C22H26N2O3. The van der Waals surface area contributed by atoms with Crippen LogP contribution >= 0.6 is 0 Å². The van der Waals surface area contributed by atoms with E-state index in [2.05, 4.69) is 16.0 Å². The number of carboxylic acid groups (broad SMARTS) is 1. The van der Waals surface area contributed by atoms with Crippen LogP contribution < -0.4 is 5.32 Å². The van der Waals surface area contributed by atoms with E-state index in [4.69, 9.17) is 5.11 Å². The van der Waals surface area contributed by atoms with E-state index in [-0.39, 0.29) is 12.2 Å². The van der Waals surface area contributed by atoms with Crippen molar-refractivity contribution in [2.24, 2.45) is 7.05 Å². The molecule has 0 aliphatic heterocycles. The number of allylic oxidation sites excluding steroid dienone is 1. The van der Waals surface area contributed by atoms with E-state index in [9.17, 15) is 9.59 Å². The van der Waals surface area contributed by atoms with E-state index < -0.39 is 5.97 Å². The van der Waals surface area contributed by atoms with Crippen LogP contribution in [-0.4, -0.2) is 28.0 Å². The van der Waals surface area contributed by atoms with E-state index >= 15 is 0 Å². The second-order valence-electron chi connectivity index (χ2n) is 6.98. The second kappa shape index (κ2) is 8.71. The molecule has 0 amide bonds. The van der Waals surface area contributed by atoms with Crippen LogP contribution in [0.4, 0.5) is 0 Å². The smallest absolute Gasteiger partial charge is 0.303 e. The fraction of sp³-hybridized carbons (Fsp3) is 0.364. The third kappa shape index (κ3) is 4.67. The molecule has 142 valence electrons. The van der Waals surface area contributed by atoms with Gasteiger partial charge in [-0.1, -0.05) is 30.3 Å². The third-order valence-corrected chi connectivity index (χ3v) is 5.05. The number of aryl methyl sites for hydroxylation is 1. The van der Waals surface area contributed by atoms with Crippen molar-refractivity contribution < 1.29 is 14.7 Å². The first-order chi connectivity index (χ1) is 13.1. The highest BCUT2D eigenvalue weighted by Crippen LogP contribution is 2.27. The highest BCUT2D eigenvalue weighted by Gasteiger charge is 2.19. The molecule has 5 nitrogen and oxygen atoms in total. The summed E-state index contributed by atoms with van der Waals surface area (Å²) >= 11 is 0. The minimum absolute atomic E-state index is 0.0597. The number of benzene rings is 1. The monoisotopic (exact) mass is 366 g/mol. The topological polar surface area (TPSA) is 71.3 Å². The van der Waals surface area contributed by atoms with Gasteiger partial charge < -0.3 is 15.0 Å². The fourth-order valence-corrected chi connectivity index (χ4v) is 3.61. The number of fused-ring (bicyclic) bond motifs is 1. The standard InChI is InChI=1S/C22H26N2O3/c1-24-19-11-6-5-10-17(19)14-20(24)18(23-13-7-12-22(26)27)15-21(25)16-8-3-2-4-9-16/h2-4,8-9,14-15,23H,5-7,10-13H2,1H3,(H,26,27)/b18-15-. The average Bonchev–Trinajstić information content (AvgIpc) is 3.01. The number of hydrogen-bond donors (Lipinski definition) is 2. The lowest BCUT2D eigenvalue weighted by Crippen LogP contribution is -2.18. The number of ketones is 1. The van der Waals surface area contributed by atoms with Crippen LogP contribution in [-0.2, 0) is 24.7 Å². The lowest BCUT2D eigenvalue weighted by molar-refractivity contribution is -0.137. The van der Waals surface area contributed by atoms with Gasteiger partial charge in [0.25, 0.3) is 0 Å². The number of carboxylic acids is 1. The van der Waals surface area contributed by atoms with E-state index in [1.807, 2.05) is 25.2 Å². The minimum atomic E-state index is -0.808. The number of carbonyl (C=O) groups is 2. The van der Waals surface area contributed by atoms with Crippen molar-refractivity contribution in [3.05, 3.63) is 65.0 Å². The van der Waals surface area contributed by atoms with Gasteiger partial charge in [0.05, 0.1) is 11.4 Å². The third-order valence-electron chi connectivity index (χ3n) is 5.05. The first kappa shape index (κ1) is 19.0. The van der Waals surface area contributed by atoms with Crippen LogP contribution in [0, 0.1) is 0 Å². The van der Waals surface area contributed by atoms with Crippen molar-refractivity contribution >= 4 is 17.4 Å². The van der Waals surface area contributed by atoms with Crippen molar-refractivity contribution in [2.45, 2.75) is 38.5 Å². The number of aromatic nitrogens is 1. The molecule has 0 atom stereocenters. The lowest BCUT2D eigenvalue weighted by atomic mass is 9.98. The molecule has 5 heteroatoms. The maximum absolute atomic E-state index is 12.7. The zero-order chi connectivity index (χ0) is 19.2. The molecule has 0 saturated carbocycles. The van der Waals surface area contributed by atoms with Crippen LogP contribution in [0.5, 0.6) is 0 Å². The molecule has 1 aliphatic rings. The van der Waals surface area contributed by atoms with Gasteiger partial charge in [-0.3, -0.25) is 9.59 Å². The van der Waals surface area contributed by atoms with Crippen molar-refractivity contribution in [3.8, 4) is 0 Å². The fourth-order valence-electron chi connectivity index (χ4n) is 3.61. The highest BCUT2D eigenvalue weighted by atomic mass is 16.4. The molecule has 2 N–H and O–H groups in total. The van der Waals surface area contributed by atoms with Crippen LogP contribution in [0.2, 0.25) is 0 Å². The molecule has 3 rings (SSSR count). The number of carbonyl (C=O) groups excluding carboxylic acids is 1. The Morgan fingerprint density at radius 2 is 1.93 bits per heavy atom. The van der Waals surface area contributed by atoms with Crippen LogP contribution in [0.15, 0.2) is 42.5 Å². The Kier molecular flexibility index (Phi) is 6.12. The summed E-state index contributed by atoms with van der Waals surface area (Å²) in [6.45, 7) is 0.510. The molecule has 0 spiro atoms. The van der Waals surface area contributed by atoms with E-state index in [0.29, 0.717) is 18.5 Å². The van der Waals surface area contributed by atoms with Crippen LogP contribution in [0.1, 0.15) is 53.0 Å². The zero-order valence-corrected chi connectivity index (χ0v) is 15.7. The summed E-state index contributed by atoms with van der Waals surface area (Å²) < 4.78 is 2.17. The van der Waals surface area contributed by atoms with Gasteiger partial charge in [-0.05, 0) is 43.7 Å². The van der Waals surface area contributed by atoms with Crippen molar-refractivity contribution in [3.63, 3.8) is 0 Å². The Morgan fingerprint density at radius 3 is 2.63 bits per heavy atom. The maximum atomic E-state index is 12.7. The van der Waals surface area contributed by atoms with Gasteiger partial charge in [-0.15, -0.1) is 0 Å². The second-order valence-corrected chi connectivity index (χ2v) is 6.98. The summed E-state index contributed by atoms with van der Waals surface area (Å²) in [4.78, 5) is 23.5. The predicted octanol–water partition coefficient (Wildman–Crippen LogP) is 3.58. The SMILES string of the molecule is Cn1c(/C(=C/C(=O)c2ccccc2)NCCCC(=O)O)cc2c1CCCC2. The molecule has 1 aromatic heterocycles. The highest BCUT2D eigenvalue weighted by molar-refractivity contribution is 6.08. The summed E-state index contributed by atoms with van der Waals surface area (Å²) in [5, 5.41) is 12.1. The molecule has 0 fully saturated rings. The van der Waals surface area contributed by atoms with Crippen molar-refractivity contribution in [1.29, 1.82) is 0 Å². The van der Waals surface area contributed by atoms with Gasteiger partial charge in [0, 0.05) is 37.3 Å². The number of aliphatic carboxylic acids is 1. The first-order valence-electron chi connectivity index (χ1n) is 9.51. The van der Waals surface area contributed by atoms with Gasteiger partial charge in [-0.2, -0.15) is 0 Å². The van der Waals surface area contributed by atoms with E-state index in [1.54, 1.807) is 18.2 Å². The van der Waals surface area contributed by atoms with Crippen molar-refractivity contribution in [2.75, 3.05) is 6.54 Å². The zero-order valence-electron chi connectivity index (χ0n) is 15.7. The Morgan fingerprint density at radius 1 is 1.19 bits per heavy atom. The maximum Gasteiger partial charge on any atom is 0.303 e. The molecule has 27 heavy (non-hydrogen) atoms. The number of nitrogens with one attached hydrogen (secondary N) is 1. The van der Waals surface area contributed by atoms with Gasteiger partial charge in [0.2, 0.25) is 0 Å². The molecule has 0 bridgehead atoms. The van der Waals surface area contributed by atoms with Gasteiger partial charge in [-0.25, -0.2) is 0 Å². The predicted molar refractivity (Wildman–Crippen MR) is 106 cm³/mol. The molecule has 0 radical (unpaired) electrons. The molecule has 0 saturated heterocycles. The molecule has 2 aromatic rings. The summed E-state index contributed by atoms with van der Waals surface area (Å²) in [7, 11) is 2.04. The Bertz CT molecular complexity index is 850. The summed E-state index contributed by atoms with van der Waals surface area (Å²) in [5.74, 6) is -0.868.